The third-order valence-electron chi connectivity index (χ3n) is 9.36. The molecule has 1 saturated carbocycles. The summed E-state index contributed by atoms with van der Waals surface area (Å²) < 4.78 is 26.4. The van der Waals surface area contributed by atoms with Gasteiger partial charge in [0.1, 0.15) is 22.7 Å². The molecule has 42 heavy (non-hydrogen) atoms. The second-order valence-corrected chi connectivity index (χ2v) is 13.9. The highest BCUT2D eigenvalue weighted by atomic mass is 16.6. The lowest BCUT2D eigenvalue weighted by Gasteiger charge is -2.56. The van der Waals surface area contributed by atoms with Gasteiger partial charge in [-0.2, -0.15) is 0 Å². The maximum absolute atomic E-state index is 14.9. The minimum absolute atomic E-state index is 0.0499. The van der Waals surface area contributed by atoms with E-state index >= 15 is 0 Å². The van der Waals surface area contributed by atoms with E-state index < -0.39 is 34.3 Å². The van der Waals surface area contributed by atoms with Crippen molar-refractivity contribution >= 4 is 23.6 Å². The van der Waals surface area contributed by atoms with Crippen LogP contribution in [-0.2, 0) is 20.7 Å². The Morgan fingerprint density at radius 3 is 2.33 bits per heavy atom. The van der Waals surface area contributed by atoms with Crippen LogP contribution in [0.25, 0.3) is 6.08 Å². The lowest BCUT2D eigenvalue weighted by molar-refractivity contribution is -0.171. The number of fused-ring (bicyclic) bond motifs is 2. The Bertz CT molecular complexity index is 1570. The largest absolute Gasteiger partial charge is 0.483 e. The molecule has 1 saturated heterocycles. The van der Waals surface area contributed by atoms with Crippen LogP contribution < -0.4 is 14.2 Å². The van der Waals surface area contributed by atoms with Crippen molar-refractivity contribution < 1.29 is 33.3 Å². The van der Waals surface area contributed by atoms with Gasteiger partial charge in [0.25, 0.3) is 0 Å². The highest BCUT2D eigenvalue weighted by molar-refractivity contribution is 6.19. The first-order chi connectivity index (χ1) is 19.5. The van der Waals surface area contributed by atoms with Gasteiger partial charge in [-0.15, -0.1) is 0 Å². The molecule has 222 valence electrons. The summed E-state index contributed by atoms with van der Waals surface area (Å²) in [6.45, 7) is 17.2. The lowest BCUT2D eigenvalue weighted by atomic mass is 9.51. The fraction of sp³-hybridized carbons (Fsp3) is 0.514. The average Bonchev–Trinajstić information content (AvgIpc) is 3.03. The van der Waals surface area contributed by atoms with E-state index in [2.05, 4.69) is 6.08 Å². The molecule has 2 fully saturated rings. The van der Waals surface area contributed by atoms with Gasteiger partial charge in [0.15, 0.2) is 28.5 Å². The molecule has 1 aromatic rings. The van der Waals surface area contributed by atoms with Crippen LogP contribution in [0.1, 0.15) is 96.6 Å². The van der Waals surface area contributed by atoms with Gasteiger partial charge < -0.3 is 18.9 Å². The number of carbonyl (C=O) groups excluding carboxylic acids is 3. The van der Waals surface area contributed by atoms with Gasteiger partial charge in [-0.25, -0.2) is 0 Å². The maximum Gasteiger partial charge on any atom is 0.308 e. The van der Waals surface area contributed by atoms with E-state index in [1.54, 1.807) is 6.08 Å². The molecule has 0 radical (unpaired) electrons. The van der Waals surface area contributed by atoms with Gasteiger partial charge in [0, 0.05) is 36.3 Å². The molecular formula is C35H40O7. The number of rotatable bonds is 5. The zero-order chi connectivity index (χ0) is 30.6. The zero-order valence-corrected chi connectivity index (χ0v) is 26.0. The lowest BCUT2D eigenvalue weighted by Crippen LogP contribution is -2.72. The standard InChI is InChI=1S/C35H40O7/c1-18(2)10-11-22-28-23(13-14-32(6,7)40-28)29(39-20(5)36)26-27(37)24-16-21-17-25-33(8,9)42-34(31(21)38,15-12-19(3)4)35(24,25)41-30(22)26/h10,12-14,16,21,25H,11,15,17H2,1-9H3/t21-,25+,34+,35-/m1/s1. The SMILES string of the molecule is CC(=O)Oc1c2c(c(CC=C(C)C)c3c1C(=O)C1=C[C@@H]4C[C@H]5C(C)(C)O[C@@](CC=C(C)C)(C4=O)[C@@]15O3)OC(C)(C)C=C2. The van der Waals surface area contributed by atoms with Crippen molar-refractivity contribution in [3.63, 3.8) is 0 Å². The molecule has 4 bridgehead atoms. The summed E-state index contributed by atoms with van der Waals surface area (Å²) >= 11 is 0. The van der Waals surface area contributed by atoms with Crippen LogP contribution in [0.4, 0.5) is 0 Å². The van der Waals surface area contributed by atoms with Gasteiger partial charge in [0.2, 0.25) is 0 Å². The Kier molecular flexibility index (Phi) is 6.16. The highest BCUT2D eigenvalue weighted by Crippen LogP contribution is 2.68. The number of ether oxygens (including phenoxy) is 4. The molecule has 7 heteroatoms. The quantitative estimate of drug-likeness (QED) is 0.221. The average molecular weight is 573 g/mol. The molecule has 1 spiro atoms. The number of benzene rings is 1. The fourth-order valence-electron chi connectivity index (χ4n) is 7.64. The molecule has 4 atom stereocenters. The van der Waals surface area contributed by atoms with Gasteiger partial charge in [-0.1, -0.05) is 29.4 Å². The van der Waals surface area contributed by atoms with Gasteiger partial charge in [-0.3, -0.25) is 14.4 Å². The van der Waals surface area contributed by atoms with Crippen LogP contribution in [0, 0.1) is 11.8 Å². The topological polar surface area (TPSA) is 88.1 Å². The predicted octanol–water partition coefficient (Wildman–Crippen LogP) is 6.67. The first-order valence-corrected chi connectivity index (χ1v) is 14.8. The molecule has 0 amide bonds. The van der Waals surface area contributed by atoms with E-state index in [0.29, 0.717) is 47.5 Å². The number of hydrogen-bond donors (Lipinski definition) is 0. The van der Waals surface area contributed by atoms with Crippen molar-refractivity contribution in [1.82, 2.24) is 0 Å². The third-order valence-corrected chi connectivity index (χ3v) is 9.36. The van der Waals surface area contributed by atoms with E-state index in [9.17, 15) is 14.4 Å². The molecule has 6 aliphatic rings. The first-order valence-electron chi connectivity index (χ1n) is 14.8. The van der Waals surface area contributed by atoms with Crippen LogP contribution in [0.5, 0.6) is 17.2 Å². The van der Waals surface area contributed by atoms with Crippen LogP contribution in [0.2, 0.25) is 0 Å². The Labute approximate surface area is 247 Å². The zero-order valence-electron chi connectivity index (χ0n) is 26.0. The van der Waals surface area contributed by atoms with Crippen LogP contribution >= 0.6 is 0 Å². The van der Waals surface area contributed by atoms with Crippen molar-refractivity contribution in [3.8, 4) is 17.2 Å². The van der Waals surface area contributed by atoms with E-state index in [4.69, 9.17) is 18.9 Å². The minimum atomic E-state index is -1.37. The highest BCUT2D eigenvalue weighted by Gasteiger charge is 2.81. The molecule has 7 rings (SSSR count). The van der Waals surface area contributed by atoms with Crippen LogP contribution in [0.3, 0.4) is 0 Å². The third kappa shape index (κ3) is 3.78. The Morgan fingerprint density at radius 2 is 1.69 bits per heavy atom. The summed E-state index contributed by atoms with van der Waals surface area (Å²) in [6.07, 6.45) is 10.9. The van der Waals surface area contributed by atoms with Gasteiger partial charge in [0.05, 0.1) is 11.2 Å². The Hall–Kier alpha value is -3.45. The fourth-order valence-corrected chi connectivity index (χ4v) is 7.64. The van der Waals surface area contributed by atoms with Crippen molar-refractivity contribution in [2.75, 3.05) is 0 Å². The number of allylic oxidation sites excluding steroid dienone is 4. The monoisotopic (exact) mass is 572 g/mol. The molecule has 1 aromatic carbocycles. The van der Waals surface area contributed by atoms with E-state index in [-0.39, 0.29) is 28.8 Å². The van der Waals surface area contributed by atoms with E-state index in [0.717, 1.165) is 11.1 Å². The Morgan fingerprint density at radius 1 is 1.00 bits per heavy atom. The molecule has 7 nitrogen and oxygen atoms in total. The van der Waals surface area contributed by atoms with Crippen molar-refractivity contribution in [3.05, 3.63) is 57.7 Å². The number of hydrogen-bond acceptors (Lipinski definition) is 7. The van der Waals surface area contributed by atoms with Crippen molar-refractivity contribution in [1.29, 1.82) is 0 Å². The number of carbonyl (C=O) groups is 3. The second kappa shape index (κ2) is 9.03. The number of ketones is 2. The smallest absolute Gasteiger partial charge is 0.308 e. The number of esters is 1. The molecule has 3 heterocycles. The maximum atomic E-state index is 14.9. The summed E-state index contributed by atoms with van der Waals surface area (Å²) in [6, 6.07) is 0. The van der Waals surface area contributed by atoms with Gasteiger partial charge in [-0.05, 0) is 80.4 Å². The molecule has 0 N–H and O–H groups in total. The predicted molar refractivity (Wildman–Crippen MR) is 159 cm³/mol. The molecule has 0 unspecified atom stereocenters. The van der Waals surface area contributed by atoms with Crippen LogP contribution in [0.15, 0.2) is 41.0 Å². The Balaban J connectivity index is 1.71. The molecule has 3 aliphatic heterocycles. The second-order valence-electron chi connectivity index (χ2n) is 13.9. The van der Waals surface area contributed by atoms with Crippen molar-refractivity contribution in [2.45, 2.75) is 104 Å². The van der Waals surface area contributed by atoms with E-state index in [1.807, 2.05) is 73.6 Å². The summed E-state index contributed by atoms with van der Waals surface area (Å²) in [5, 5.41) is 0. The van der Waals surface area contributed by atoms with Crippen LogP contribution in [-0.4, -0.2) is 39.9 Å². The molecule has 3 aliphatic carbocycles. The normalized spacial score (nSPS) is 30.3. The number of Topliss-reactive ketones (excluding diaryl/α,β-unsaturated/α-hetero) is 2. The summed E-state index contributed by atoms with van der Waals surface area (Å²) in [4.78, 5) is 41.6. The van der Waals surface area contributed by atoms with Gasteiger partial charge >= 0.3 is 5.97 Å². The first kappa shape index (κ1) is 28.7. The minimum Gasteiger partial charge on any atom is -0.483 e. The molecular weight excluding hydrogens is 532 g/mol. The molecule has 0 aromatic heterocycles. The summed E-state index contributed by atoms with van der Waals surface area (Å²) in [7, 11) is 0. The van der Waals surface area contributed by atoms with E-state index in [1.165, 1.54) is 6.92 Å². The van der Waals surface area contributed by atoms with Crippen molar-refractivity contribution in [2.24, 2.45) is 11.8 Å². The summed E-state index contributed by atoms with van der Waals surface area (Å²) in [5.41, 5.74) is -0.112. The summed E-state index contributed by atoms with van der Waals surface area (Å²) in [5.74, 6) is -0.677.